The highest BCUT2D eigenvalue weighted by Gasteiger charge is 2.04. The second-order valence-corrected chi connectivity index (χ2v) is 5.26. The highest BCUT2D eigenvalue weighted by atomic mass is 35.5. The summed E-state index contributed by atoms with van der Waals surface area (Å²) in [6.45, 7) is 6.65. The van der Waals surface area contributed by atoms with Gasteiger partial charge in [-0.25, -0.2) is 0 Å². The van der Waals surface area contributed by atoms with E-state index in [-0.39, 0.29) is 0 Å². The van der Waals surface area contributed by atoms with Crippen molar-refractivity contribution in [3.8, 4) is 0 Å². The molecular weight excluding hydrogens is 242 g/mol. The first-order valence-electron chi connectivity index (χ1n) is 7.14. The van der Waals surface area contributed by atoms with Gasteiger partial charge >= 0.3 is 0 Å². The number of hydrogen-bond acceptors (Lipinski definition) is 1. The first kappa shape index (κ1) is 15.5. The first-order valence-corrected chi connectivity index (χ1v) is 7.68. The number of benzene rings is 1. The van der Waals surface area contributed by atoms with E-state index in [2.05, 4.69) is 43.4 Å². The zero-order valence-corrected chi connectivity index (χ0v) is 12.5. The van der Waals surface area contributed by atoms with E-state index >= 15 is 0 Å². The fourth-order valence-corrected chi connectivity index (χ4v) is 2.29. The van der Waals surface area contributed by atoms with E-state index in [4.69, 9.17) is 11.6 Å². The predicted octanol–water partition coefficient (Wildman–Crippen LogP) is 4.73. The van der Waals surface area contributed by atoms with Gasteiger partial charge < -0.3 is 5.32 Å². The zero-order chi connectivity index (χ0) is 13.2. The number of nitrogens with one attached hydrogen (secondary N) is 1. The second kappa shape index (κ2) is 9.41. The average Bonchev–Trinajstić information content (AvgIpc) is 2.43. The van der Waals surface area contributed by atoms with E-state index in [0.717, 1.165) is 19.0 Å². The molecule has 1 rings (SSSR count). The van der Waals surface area contributed by atoms with E-state index in [1.807, 2.05) is 0 Å². The van der Waals surface area contributed by atoms with Gasteiger partial charge in [0.1, 0.15) is 0 Å². The standard InChI is InChI=1S/C16H26ClN/c1-3-5-6-14(4-2)12-18-13-16-9-7-15(11-17)8-10-16/h7-10,14,18H,3-6,11-13H2,1-2H3. The lowest BCUT2D eigenvalue weighted by Gasteiger charge is -2.15. The number of hydrogen-bond donors (Lipinski definition) is 1. The molecule has 0 bridgehead atoms. The number of rotatable bonds is 9. The van der Waals surface area contributed by atoms with Gasteiger partial charge in [0.25, 0.3) is 0 Å². The molecule has 0 radical (unpaired) electrons. The van der Waals surface area contributed by atoms with E-state index < -0.39 is 0 Å². The van der Waals surface area contributed by atoms with Crippen LogP contribution in [0.4, 0.5) is 0 Å². The van der Waals surface area contributed by atoms with Crippen LogP contribution in [0.25, 0.3) is 0 Å². The third-order valence-corrected chi connectivity index (χ3v) is 3.79. The van der Waals surface area contributed by atoms with Crippen LogP contribution in [0.3, 0.4) is 0 Å². The molecule has 1 aromatic carbocycles. The molecule has 18 heavy (non-hydrogen) atoms. The lowest BCUT2D eigenvalue weighted by atomic mass is 9.99. The smallest absolute Gasteiger partial charge is 0.0474 e. The Kier molecular flexibility index (Phi) is 8.11. The van der Waals surface area contributed by atoms with Gasteiger partial charge in [-0.2, -0.15) is 0 Å². The number of halogens is 1. The van der Waals surface area contributed by atoms with Crippen LogP contribution < -0.4 is 5.32 Å². The molecule has 1 atom stereocenters. The SMILES string of the molecule is CCCCC(CC)CNCc1ccc(CCl)cc1. The van der Waals surface area contributed by atoms with Crippen molar-refractivity contribution in [3.63, 3.8) is 0 Å². The predicted molar refractivity (Wildman–Crippen MR) is 81.0 cm³/mol. The molecule has 0 aromatic heterocycles. The lowest BCUT2D eigenvalue weighted by Crippen LogP contribution is -2.22. The van der Waals surface area contributed by atoms with E-state index in [1.54, 1.807) is 0 Å². The van der Waals surface area contributed by atoms with Crippen molar-refractivity contribution in [2.75, 3.05) is 6.54 Å². The Morgan fingerprint density at radius 2 is 1.78 bits per heavy atom. The summed E-state index contributed by atoms with van der Waals surface area (Å²) in [5.74, 6) is 1.43. The van der Waals surface area contributed by atoms with Gasteiger partial charge in [-0.1, -0.05) is 57.4 Å². The topological polar surface area (TPSA) is 12.0 Å². The average molecular weight is 268 g/mol. The largest absolute Gasteiger partial charge is 0.312 e. The van der Waals surface area contributed by atoms with Crippen molar-refractivity contribution in [1.29, 1.82) is 0 Å². The highest BCUT2D eigenvalue weighted by Crippen LogP contribution is 2.12. The van der Waals surface area contributed by atoms with Gasteiger partial charge in [-0.3, -0.25) is 0 Å². The van der Waals surface area contributed by atoms with Gasteiger partial charge in [-0.15, -0.1) is 11.6 Å². The van der Waals surface area contributed by atoms with Crippen LogP contribution in [0.5, 0.6) is 0 Å². The van der Waals surface area contributed by atoms with Crippen LogP contribution in [0.2, 0.25) is 0 Å². The highest BCUT2D eigenvalue weighted by molar-refractivity contribution is 6.17. The first-order chi connectivity index (χ1) is 8.80. The third kappa shape index (κ3) is 5.88. The molecule has 0 saturated heterocycles. The molecule has 0 heterocycles. The normalized spacial score (nSPS) is 12.6. The summed E-state index contributed by atoms with van der Waals surface area (Å²) in [6, 6.07) is 8.55. The molecule has 0 aliphatic carbocycles. The minimum atomic E-state index is 0.600. The Morgan fingerprint density at radius 3 is 2.33 bits per heavy atom. The second-order valence-electron chi connectivity index (χ2n) is 5.00. The molecule has 1 aromatic rings. The lowest BCUT2D eigenvalue weighted by molar-refractivity contribution is 0.419. The summed E-state index contributed by atoms with van der Waals surface area (Å²) in [7, 11) is 0. The molecule has 0 aliphatic rings. The third-order valence-electron chi connectivity index (χ3n) is 3.48. The number of unbranched alkanes of at least 4 members (excludes halogenated alkanes) is 1. The molecule has 0 spiro atoms. The molecular formula is C16H26ClN. The Balaban J connectivity index is 2.26. The summed E-state index contributed by atoms with van der Waals surface area (Å²) in [6.07, 6.45) is 5.28. The Bertz CT molecular complexity index is 307. The minimum absolute atomic E-state index is 0.600. The van der Waals surface area contributed by atoms with Gasteiger partial charge in [-0.05, 0) is 30.0 Å². The minimum Gasteiger partial charge on any atom is -0.312 e. The summed E-state index contributed by atoms with van der Waals surface area (Å²) in [5.41, 5.74) is 2.53. The van der Waals surface area contributed by atoms with Crippen molar-refractivity contribution < 1.29 is 0 Å². The van der Waals surface area contributed by atoms with Gasteiger partial charge in [0.05, 0.1) is 0 Å². The summed E-state index contributed by atoms with van der Waals surface area (Å²) >= 11 is 5.78. The van der Waals surface area contributed by atoms with Crippen LogP contribution in [0, 0.1) is 5.92 Å². The molecule has 0 fully saturated rings. The molecule has 0 saturated carbocycles. The van der Waals surface area contributed by atoms with Crippen molar-refractivity contribution in [2.24, 2.45) is 5.92 Å². The van der Waals surface area contributed by atoms with Crippen LogP contribution in [0.1, 0.15) is 50.7 Å². The summed E-state index contributed by atoms with van der Waals surface area (Å²) in [4.78, 5) is 0. The molecule has 1 N–H and O–H groups in total. The van der Waals surface area contributed by atoms with Crippen LogP contribution in [0.15, 0.2) is 24.3 Å². The van der Waals surface area contributed by atoms with Crippen molar-refractivity contribution >= 4 is 11.6 Å². The van der Waals surface area contributed by atoms with Gasteiger partial charge in [0, 0.05) is 12.4 Å². The van der Waals surface area contributed by atoms with E-state index in [9.17, 15) is 0 Å². The molecule has 2 heteroatoms. The van der Waals surface area contributed by atoms with Crippen LogP contribution in [-0.2, 0) is 12.4 Å². The van der Waals surface area contributed by atoms with Crippen molar-refractivity contribution in [3.05, 3.63) is 35.4 Å². The molecule has 0 amide bonds. The Labute approximate surface area is 117 Å². The Morgan fingerprint density at radius 1 is 1.11 bits per heavy atom. The van der Waals surface area contributed by atoms with Crippen LogP contribution >= 0.6 is 11.6 Å². The molecule has 0 aliphatic heterocycles. The maximum absolute atomic E-state index is 5.78. The fraction of sp³-hybridized carbons (Fsp3) is 0.625. The number of alkyl halides is 1. The summed E-state index contributed by atoms with van der Waals surface area (Å²) < 4.78 is 0. The quantitative estimate of drug-likeness (QED) is 0.638. The van der Waals surface area contributed by atoms with E-state index in [0.29, 0.717) is 5.88 Å². The molecule has 1 unspecified atom stereocenters. The molecule has 102 valence electrons. The maximum atomic E-state index is 5.78. The Hall–Kier alpha value is -0.530. The molecule has 1 nitrogen and oxygen atoms in total. The zero-order valence-electron chi connectivity index (χ0n) is 11.7. The fourth-order valence-electron chi connectivity index (χ4n) is 2.11. The van der Waals surface area contributed by atoms with Crippen molar-refractivity contribution in [2.45, 2.75) is 52.0 Å². The van der Waals surface area contributed by atoms with Crippen LogP contribution in [-0.4, -0.2) is 6.54 Å². The van der Waals surface area contributed by atoms with E-state index in [1.165, 1.54) is 36.8 Å². The van der Waals surface area contributed by atoms with Crippen molar-refractivity contribution in [1.82, 2.24) is 5.32 Å². The summed E-state index contributed by atoms with van der Waals surface area (Å²) in [5, 5.41) is 3.57. The monoisotopic (exact) mass is 267 g/mol. The maximum Gasteiger partial charge on any atom is 0.0474 e. The van der Waals surface area contributed by atoms with Gasteiger partial charge in [0.15, 0.2) is 0 Å². The van der Waals surface area contributed by atoms with Gasteiger partial charge in [0.2, 0.25) is 0 Å².